The van der Waals surface area contributed by atoms with Crippen LogP contribution in [0.1, 0.15) is 50.1 Å². The molecule has 1 saturated heterocycles. The highest BCUT2D eigenvalue weighted by Gasteiger charge is 2.26. The number of thiazole rings is 1. The lowest BCUT2D eigenvalue weighted by molar-refractivity contribution is 0.0839. The summed E-state index contributed by atoms with van der Waals surface area (Å²) < 4.78 is 5.43. The third kappa shape index (κ3) is 3.53. The van der Waals surface area contributed by atoms with Crippen molar-refractivity contribution in [3.8, 4) is 0 Å². The fraction of sp³-hybridized carbons (Fsp3) is 0.667. The topological polar surface area (TPSA) is 58.3 Å². The van der Waals surface area contributed by atoms with Gasteiger partial charge in [-0.15, -0.1) is 11.3 Å². The Balaban J connectivity index is 1.53. The monoisotopic (exact) mass is 321 g/mol. The predicted molar refractivity (Wildman–Crippen MR) is 85.8 cm³/mol. The highest BCUT2D eigenvalue weighted by molar-refractivity contribution is 7.07. The Bertz CT molecular complexity index is 575. The first-order valence-corrected chi connectivity index (χ1v) is 8.74. The molecule has 1 aliphatic heterocycles. The molecule has 0 N–H and O–H groups in total. The lowest BCUT2D eigenvalue weighted by Gasteiger charge is -2.36. The summed E-state index contributed by atoms with van der Waals surface area (Å²) in [7, 11) is 0. The molecule has 0 spiro atoms. The molecule has 120 valence electrons. The van der Waals surface area contributed by atoms with Crippen molar-refractivity contribution in [3.63, 3.8) is 0 Å². The predicted octanol–water partition coefficient (Wildman–Crippen LogP) is 2.53. The van der Waals surface area contributed by atoms with Crippen molar-refractivity contribution in [2.75, 3.05) is 26.2 Å². The van der Waals surface area contributed by atoms with Gasteiger partial charge in [-0.2, -0.15) is 4.98 Å². The Morgan fingerprint density at radius 3 is 2.59 bits per heavy atom. The summed E-state index contributed by atoms with van der Waals surface area (Å²) in [5, 5.41) is 6.19. The minimum absolute atomic E-state index is 0.182. The first kappa shape index (κ1) is 15.6. The second-order valence-corrected chi connectivity index (χ2v) is 6.83. The van der Waals surface area contributed by atoms with E-state index in [4.69, 9.17) is 4.52 Å². The lowest BCUT2D eigenvalue weighted by atomic mass is 10.2. The molecule has 0 amide bonds. The van der Waals surface area contributed by atoms with Gasteiger partial charge in [0.25, 0.3) is 0 Å². The Morgan fingerprint density at radius 2 is 2.00 bits per heavy atom. The van der Waals surface area contributed by atoms with Crippen LogP contribution in [0.5, 0.6) is 0 Å². The van der Waals surface area contributed by atoms with E-state index in [-0.39, 0.29) is 6.04 Å². The van der Waals surface area contributed by atoms with E-state index in [1.54, 1.807) is 11.3 Å². The first-order valence-electron chi connectivity index (χ1n) is 7.80. The van der Waals surface area contributed by atoms with Crippen molar-refractivity contribution in [2.24, 2.45) is 0 Å². The Morgan fingerprint density at radius 1 is 1.23 bits per heavy atom. The summed E-state index contributed by atoms with van der Waals surface area (Å²) in [6.07, 6.45) is 0. The van der Waals surface area contributed by atoms with Crippen LogP contribution in [0.15, 0.2) is 15.4 Å². The van der Waals surface area contributed by atoms with Gasteiger partial charge in [0.2, 0.25) is 5.89 Å². The van der Waals surface area contributed by atoms with Crippen LogP contribution in [0.25, 0.3) is 0 Å². The molecule has 3 rings (SSSR count). The number of rotatable bonds is 5. The minimum Gasteiger partial charge on any atom is -0.338 e. The van der Waals surface area contributed by atoms with E-state index in [0.717, 1.165) is 44.4 Å². The molecule has 6 nitrogen and oxygen atoms in total. The van der Waals surface area contributed by atoms with Crippen molar-refractivity contribution in [1.29, 1.82) is 0 Å². The molecule has 0 aromatic carbocycles. The van der Waals surface area contributed by atoms with Gasteiger partial charge in [0.1, 0.15) is 0 Å². The number of nitrogens with zero attached hydrogens (tertiary/aromatic N) is 5. The fourth-order valence-corrected chi connectivity index (χ4v) is 3.21. The lowest BCUT2D eigenvalue weighted by Crippen LogP contribution is -2.46. The average molecular weight is 321 g/mol. The van der Waals surface area contributed by atoms with Crippen LogP contribution in [0.2, 0.25) is 0 Å². The standard InChI is InChI=1S/C15H23N5OS/c1-11(2)14-17-15(21-18-14)12(3)20-6-4-19(5-7-20)8-13-9-22-10-16-13/h9-12H,4-8H2,1-3H3/t12-/m1/s1. The van der Waals surface area contributed by atoms with Crippen molar-refractivity contribution in [3.05, 3.63) is 28.3 Å². The first-order chi connectivity index (χ1) is 10.6. The molecule has 1 atom stereocenters. The molecule has 7 heteroatoms. The summed E-state index contributed by atoms with van der Waals surface area (Å²) in [6, 6.07) is 0.182. The molecule has 3 heterocycles. The van der Waals surface area contributed by atoms with Gasteiger partial charge in [-0.05, 0) is 6.92 Å². The van der Waals surface area contributed by atoms with E-state index in [2.05, 4.69) is 51.1 Å². The van der Waals surface area contributed by atoms with E-state index >= 15 is 0 Å². The SMILES string of the molecule is CC(C)c1noc([C@@H](C)N2CCN(Cc3cscn3)CC2)n1. The molecule has 0 bridgehead atoms. The second kappa shape index (κ2) is 6.85. The Hall–Kier alpha value is -1.31. The van der Waals surface area contributed by atoms with Gasteiger partial charge in [0, 0.05) is 44.0 Å². The summed E-state index contributed by atoms with van der Waals surface area (Å²) >= 11 is 1.66. The molecular weight excluding hydrogens is 298 g/mol. The van der Waals surface area contributed by atoms with Crippen LogP contribution < -0.4 is 0 Å². The average Bonchev–Trinajstić information content (AvgIpc) is 3.18. The van der Waals surface area contributed by atoms with Crippen LogP contribution in [0, 0.1) is 0 Å². The number of hydrogen-bond donors (Lipinski definition) is 0. The van der Waals surface area contributed by atoms with Gasteiger partial charge < -0.3 is 4.52 Å². The fourth-order valence-electron chi connectivity index (χ4n) is 2.66. The maximum absolute atomic E-state index is 5.43. The second-order valence-electron chi connectivity index (χ2n) is 6.11. The van der Waals surface area contributed by atoms with Gasteiger partial charge in [0.05, 0.1) is 17.2 Å². The van der Waals surface area contributed by atoms with Gasteiger partial charge >= 0.3 is 0 Å². The van der Waals surface area contributed by atoms with E-state index in [9.17, 15) is 0 Å². The molecule has 0 unspecified atom stereocenters. The van der Waals surface area contributed by atoms with E-state index in [0.29, 0.717) is 5.92 Å². The van der Waals surface area contributed by atoms with Gasteiger partial charge in [-0.3, -0.25) is 9.80 Å². The molecule has 0 saturated carbocycles. The Kier molecular flexibility index (Phi) is 4.85. The van der Waals surface area contributed by atoms with Crippen molar-refractivity contribution in [1.82, 2.24) is 24.9 Å². The largest absolute Gasteiger partial charge is 0.338 e. The van der Waals surface area contributed by atoms with Crippen LogP contribution >= 0.6 is 11.3 Å². The number of hydrogen-bond acceptors (Lipinski definition) is 7. The van der Waals surface area contributed by atoms with Crippen LogP contribution in [0.3, 0.4) is 0 Å². The molecule has 2 aromatic rings. The van der Waals surface area contributed by atoms with Gasteiger partial charge in [0.15, 0.2) is 5.82 Å². The zero-order valence-electron chi connectivity index (χ0n) is 13.4. The zero-order valence-corrected chi connectivity index (χ0v) is 14.2. The molecule has 1 fully saturated rings. The molecular formula is C15H23N5OS. The van der Waals surface area contributed by atoms with Crippen LogP contribution in [0.4, 0.5) is 0 Å². The molecule has 22 heavy (non-hydrogen) atoms. The molecule has 0 aliphatic carbocycles. The quantitative estimate of drug-likeness (QED) is 0.843. The summed E-state index contributed by atoms with van der Waals surface area (Å²) in [5.74, 6) is 1.83. The van der Waals surface area contributed by atoms with Gasteiger partial charge in [-0.25, -0.2) is 4.98 Å². The molecule has 2 aromatic heterocycles. The van der Waals surface area contributed by atoms with E-state index in [1.165, 1.54) is 5.69 Å². The van der Waals surface area contributed by atoms with E-state index < -0.39 is 0 Å². The normalized spacial score (nSPS) is 18.9. The Labute approximate surface area is 135 Å². The zero-order chi connectivity index (χ0) is 15.5. The maximum Gasteiger partial charge on any atom is 0.243 e. The third-order valence-electron chi connectivity index (χ3n) is 4.15. The minimum atomic E-state index is 0.182. The molecule has 0 radical (unpaired) electrons. The van der Waals surface area contributed by atoms with E-state index in [1.807, 2.05) is 5.51 Å². The number of piperazine rings is 1. The van der Waals surface area contributed by atoms with Crippen LogP contribution in [-0.4, -0.2) is 51.1 Å². The highest BCUT2D eigenvalue weighted by Crippen LogP contribution is 2.22. The smallest absolute Gasteiger partial charge is 0.243 e. The van der Waals surface area contributed by atoms with Crippen molar-refractivity contribution in [2.45, 2.75) is 39.3 Å². The van der Waals surface area contributed by atoms with Crippen LogP contribution in [-0.2, 0) is 6.54 Å². The third-order valence-corrected chi connectivity index (χ3v) is 4.79. The summed E-state index contributed by atoms with van der Waals surface area (Å²) in [5.41, 5.74) is 3.07. The summed E-state index contributed by atoms with van der Waals surface area (Å²) in [4.78, 5) is 13.7. The molecule has 1 aliphatic rings. The maximum atomic E-state index is 5.43. The van der Waals surface area contributed by atoms with Crippen molar-refractivity contribution < 1.29 is 4.52 Å². The van der Waals surface area contributed by atoms with Gasteiger partial charge in [-0.1, -0.05) is 19.0 Å². The summed E-state index contributed by atoms with van der Waals surface area (Å²) in [6.45, 7) is 11.4. The van der Waals surface area contributed by atoms with Crippen molar-refractivity contribution >= 4 is 11.3 Å². The number of aromatic nitrogens is 3. The highest BCUT2D eigenvalue weighted by atomic mass is 32.1.